The number of hydrogen-bond acceptors (Lipinski definition) is 7. The molecule has 2 aromatic rings. The lowest BCUT2D eigenvalue weighted by molar-refractivity contribution is -0.123. The summed E-state index contributed by atoms with van der Waals surface area (Å²) < 4.78 is 0. The molecule has 1 heterocycles. The first-order chi connectivity index (χ1) is 13.3. The molecule has 0 bridgehead atoms. The first-order valence-electron chi connectivity index (χ1n) is 8.20. The molecule has 8 nitrogen and oxygen atoms in total. The highest BCUT2D eigenvalue weighted by Crippen LogP contribution is 2.34. The maximum absolute atomic E-state index is 12.4. The summed E-state index contributed by atoms with van der Waals surface area (Å²) in [5, 5.41) is 30.8. The molecule has 0 saturated carbocycles. The Bertz CT molecular complexity index is 988. The summed E-state index contributed by atoms with van der Waals surface area (Å²) in [4.78, 5) is 37.6. The topological polar surface area (TPSA) is 127 Å². The molecule has 144 valence electrons. The van der Waals surface area contributed by atoms with Crippen LogP contribution in [0.4, 0.5) is 10.5 Å². The third-order valence-corrected chi connectivity index (χ3v) is 4.82. The van der Waals surface area contributed by atoms with Gasteiger partial charge >= 0.3 is 0 Å². The number of amides is 3. The van der Waals surface area contributed by atoms with Gasteiger partial charge in [-0.3, -0.25) is 19.3 Å². The number of carbonyl (C=O) groups excluding carboxylic acids is 3. The highest BCUT2D eigenvalue weighted by molar-refractivity contribution is 8.18. The molecule has 0 radical (unpaired) electrons. The van der Waals surface area contributed by atoms with Crippen LogP contribution in [0.2, 0.25) is 0 Å². The van der Waals surface area contributed by atoms with Gasteiger partial charge in [0.2, 0.25) is 5.91 Å². The normalized spacial score (nSPS) is 15.3. The zero-order chi connectivity index (χ0) is 20.3. The van der Waals surface area contributed by atoms with Crippen LogP contribution in [0.25, 0.3) is 6.08 Å². The highest BCUT2D eigenvalue weighted by Gasteiger charge is 2.35. The predicted octanol–water partition coefficient (Wildman–Crippen LogP) is 2.87. The summed E-state index contributed by atoms with van der Waals surface area (Å²) in [6.45, 7) is -0.122. The number of nitrogens with zero attached hydrogens (tertiary/aromatic N) is 1. The Kier molecular flexibility index (Phi) is 5.55. The Morgan fingerprint density at radius 2 is 1.82 bits per heavy atom. The number of nitrogens with one attached hydrogen (secondary N) is 1. The predicted molar refractivity (Wildman–Crippen MR) is 104 cm³/mol. The molecule has 0 atom stereocenters. The van der Waals surface area contributed by atoms with Crippen molar-refractivity contribution in [2.75, 3.05) is 11.9 Å². The number of hydrogen-bond donors (Lipinski definition) is 4. The van der Waals surface area contributed by atoms with Crippen molar-refractivity contribution < 1.29 is 29.7 Å². The van der Waals surface area contributed by atoms with E-state index in [0.29, 0.717) is 11.8 Å². The number of thioether (sulfide) groups is 1. The summed E-state index contributed by atoms with van der Waals surface area (Å²) in [6.07, 6.45) is 1.21. The van der Waals surface area contributed by atoms with E-state index in [1.54, 1.807) is 12.1 Å². The van der Waals surface area contributed by atoms with Gasteiger partial charge < -0.3 is 20.6 Å². The van der Waals surface area contributed by atoms with Crippen molar-refractivity contribution in [3.05, 3.63) is 52.9 Å². The minimum Gasteiger partial charge on any atom is -0.508 e. The second-order valence-corrected chi connectivity index (χ2v) is 6.88. The zero-order valence-electron chi connectivity index (χ0n) is 14.5. The van der Waals surface area contributed by atoms with Crippen LogP contribution in [0.1, 0.15) is 12.0 Å². The van der Waals surface area contributed by atoms with Gasteiger partial charge in [0.05, 0.1) is 10.6 Å². The molecule has 3 rings (SSSR count). The Hall–Kier alpha value is -3.46. The smallest absolute Gasteiger partial charge is 0.293 e. The van der Waals surface area contributed by atoms with Crippen molar-refractivity contribution in [2.24, 2.45) is 0 Å². The summed E-state index contributed by atoms with van der Waals surface area (Å²) in [7, 11) is 0. The van der Waals surface area contributed by atoms with Crippen molar-refractivity contribution in [1.82, 2.24) is 4.90 Å². The van der Waals surface area contributed by atoms with Crippen LogP contribution in [-0.4, -0.2) is 43.8 Å². The number of carbonyl (C=O) groups is 3. The molecule has 4 N–H and O–H groups in total. The van der Waals surface area contributed by atoms with Gasteiger partial charge in [-0.25, -0.2) is 0 Å². The molecule has 1 aliphatic rings. The zero-order valence-corrected chi connectivity index (χ0v) is 15.3. The largest absolute Gasteiger partial charge is 0.508 e. The molecule has 1 aliphatic heterocycles. The molecule has 0 spiro atoms. The van der Waals surface area contributed by atoms with Gasteiger partial charge in [-0.05, 0) is 42.1 Å². The Morgan fingerprint density at radius 3 is 2.54 bits per heavy atom. The van der Waals surface area contributed by atoms with Crippen LogP contribution in [0, 0.1) is 0 Å². The number of anilines is 1. The minimum atomic E-state index is -0.571. The first-order valence-corrected chi connectivity index (χ1v) is 9.02. The fourth-order valence-electron chi connectivity index (χ4n) is 2.49. The quantitative estimate of drug-likeness (QED) is 0.449. The summed E-state index contributed by atoms with van der Waals surface area (Å²) in [5.41, 5.74) is 0.518. The molecular weight excluding hydrogens is 384 g/mol. The van der Waals surface area contributed by atoms with E-state index in [1.165, 1.54) is 30.3 Å². The standard InChI is InChI=1S/C19H16N2O6S/c22-12-6-5-11(15(24)10-12)9-16-18(26)21(19(27)28-16)8-7-17(25)20-13-3-1-2-4-14(13)23/h1-6,9-10,22-24H,7-8H2,(H,20,25)/b16-9-. The van der Waals surface area contributed by atoms with Crippen LogP contribution in [0.5, 0.6) is 17.2 Å². The molecule has 28 heavy (non-hydrogen) atoms. The van der Waals surface area contributed by atoms with Crippen molar-refractivity contribution in [3.63, 3.8) is 0 Å². The lowest BCUT2D eigenvalue weighted by Crippen LogP contribution is -2.31. The second kappa shape index (κ2) is 8.05. The van der Waals surface area contributed by atoms with Gasteiger partial charge in [0, 0.05) is 24.6 Å². The molecule has 9 heteroatoms. The van der Waals surface area contributed by atoms with Gasteiger partial charge in [-0.2, -0.15) is 0 Å². The number of imide groups is 1. The van der Waals surface area contributed by atoms with Crippen LogP contribution >= 0.6 is 11.8 Å². The van der Waals surface area contributed by atoms with E-state index < -0.39 is 17.1 Å². The molecule has 3 amide bonds. The highest BCUT2D eigenvalue weighted by atomic mass is 32.2. The van der Waals surface area contributed by atoms with E-state index in [2.05, 4.69) is 5.32 Å². The van der Waals surface area contributed by atoms with E-state index in [4.69, 9.17) is 0 Å². The Morgan fingerprint density at radius 1 is 1.07 bits per heavy atom. The van der Waals surface area contributed by atoms with Crippen molar-refractivity contribution >= 4 is 40.6 Å². The van der Waals surface area contributed by atoms with Gasteiger partial charge in [0.25, 0.3) is 11.1 Å². The minimum absolute atomic E-state index is 0.0846. The molecule has 0 unspecified atom stereocenters. The molecule has 1 saturated heterocycles. The Balaban J connectivity index is 1.64. The number of phenolic OH excluding ortho intramolecular Hbond substituents is 3. The third-order valence-electron chi connectivity index (χ3n) is 3.91. The van der Waals surface area contributed by atoms with Gasteiger partial charge in [0.1, 0.15) is 17.2 Å². The second-order valence-electron chi connectivity index (χ2n) is 5.89. The van der Waals surface area contributed by atoms with E-state index in [9.17, 15) is 29.7 Å². The SMILES string of the molecule is O=C(CCN1C(=O)S/C(=C\c2ccc(O)cc2O)C1=O)Nc1ccccc1O. The van der Waals surface area contributed by atoms with Gasteiger partial charge in [-0.15, -0.1) is 0 Å². The number of benzene rings is 2. The number of rotatable bonds is 5. The summed E-state index contributed by atoms with van der Waals surface area (Å²) >= 11 is 0.701. The lowest BCUT2D eigenvalue weighted by atomic mass is 10.1. The first kappa shape index (κ1) is 19.3. The number of aromatic hydroxyl groups is 3. The summed E-state index contributed by atoms with van der Waals surface area (Å²) in [6, 6.07) is 10.1. The lowest BCUT2D eigenvalue weighted by Gasteiger charge is -2.12. The number of para-hydroxylation sites is 2. The van der Waals surface area contributed by atoms with Crippen molar-refractivity contribution in [3.8, 4) is 17.2 Å². The number of phenols is 3. The van der Waals surface area contributed by atoms with Gasteiger partial charge in [-0.1, -0.05) is 12.1 Å². The van der Waals surface area contributed by atoms with Gasteiger partial charge in [0.15, 0.2) is 0 Å². The van der Waals surface area contributed by atoms with E-state index in [0.717, 1.165) is 11.0 Å². The molecule has 2 aromatic carbocycles. The van der Waals surface area contributed by atoms with Crippen molar-refractivity contribution in [1.29, 1.82) is 0 Å². The van der Waals surface area contributed by atoms with E-state index in [-0.39, 0.29) is 46.4 Å². The maximum atomic E-state index is 12.4. The fraction of sp³-hybridized carbons (Fsp3) is 0.105. The monoisotopic (exact) mass is 400 g/mol. The maximum Gasteiger partial charge on any atom is 0.293 e. The Labute approximate surface area is 164 Å². The third kappa shape index (κ3) is 4.26. The molecule has 0 aliphatic carbocycles. The van der Waals surface area contributed by atoms with E-state index >= 15 is 0 Å². The fourth-order valence-corrected chi connectivity index (χ4v) is 3.35. The van der Waals surface area contributed by atoms with Crippen LogP contribution in [0.15, 0.2) is 47.4 Å². The molecule has 0 aromatic heterocycles. The van der Waals surface area contributed by atoms with Crippen LogP contribution < -0.4 is 5.32 Å². The van der Waals surface area contributed by atoms with Crippen LogP contribution in [0.3, 0.4) is 0 Å². The van der Waals surface area contributed by atoms with E-state index in [1.807, 2.05) is 0 Å². The van der Waals surface area contributed by atoms with Crippen LogP contribution in [-0.2, 0) is 9.59 Å². The molecule has 1 fully saturated rings. The average Bonchev–Trinajstić information content (AvgIpc) is 2.91. The summed E-state index contributed by atoms with van der Waals surface area (Å²) in [5.74, 6) is -1.47. The van der Waals surface area contributed by atoms with Crippen molar-refractivity contribution in [2.45, 2.75) is 6.42 Å². The molecular formula is C19H16N2O6S. The average molecular weight is 400 g/mol.